The third-order valence-corrected chi connectivity index (χ3v) is 7.56. The minimum atomic E-state index is -2.41. The van der Waals surface area contributed by atoms with Crippen molar-refractivity contribution in [2.75, 3.05) is 21.1 Å². The normalized spacial score (nSPS) is 15.4. The van der Waals surface area contributed by atoms with Crippen molar-refractivity contribution in [3.8, 4) is 0 Å². The van der Waals surface area contributed by atoms with E-state index >= 15 is 0 Å². The van der Waals surface area contributed by atoms with Crippen LogP contribution in [-0.2, 0) is 4.57 Å². The van der Waals surface area contributed by atoms with E-state index in [9.17, 15) is 9.46 Å². The van der Waals surface area contributed by atoms with E-state index in [-0.39, 0.29) is 0 Å². The highest BCUT2D eigenvalue weighted by molar-refractivity contribution is 7.38. The van der Waals surface area contributed by atoms with Gasteiger partial charge in [-0.15, -0.1) is 0 Å². The second-order valence-electron chi connectivity index (χ2n) is 8.59. The van der Waals surface area contributed by atoms with Gasteiger partial charge < -0.3 is 4.89 Å². The van der Waals surface area contributed by atoms with Crippen LogP contribution in [0.1, 0.15) is 104 Å². The van der Waals surface area contributed by atoms with E-state index in [0.717, 1.165) is 19.3 Å². The molecule has 0 fully saturated rings. The van der Waals surface area contributed by atoms with E-state index in [0.29, 0.717) is 10.9 Å². The van der Waals surface area contributed by atoms with Gasteiger partial charge in [0.25, 0.3) is 5.28 Å². The van der Waals surface area contributed by atoms with Crippen molar-refractivity contribution >= 4 is 8.03 Å². The SMILES string of the molecule is CCCCCC/C=C\CCCCCCCCC(CC)([P+](=O)[O-])[N+](C)(C)C. The molecular weight excluding hydrogens is 341 g/mol. The molecule has 0 saturated heterocycles. The Morgan fingerprint density at radius 2 is 1.27 bits per heavy atom. The van der Waals surface area contributed by atoms with Crippen LogP contribution in [0.2, 0.25) is 0 Å². The molecular formula is C22H45NO2P+. The standard InChI is InChI=1S/C22H45NO2P/c1-6-8-9-10-11-12-13-14-15-16-17-18-19-20-21-22(7-2,26(24)25)23(3,4)5/h12-13H,6-11,14-21H2,1-5H3/q+1/b13-12-. The first-order valence-corrected chi connectivity index (χ1v) is 12.1. The predicted molar refractivity (Wildman–Crippen MR) is 113 cm³/mol. The Hall–Kier alpha value is -0.240. The number of rotatable bonds is 17. The van der Waals surface area contributed by atoms with Gasteiger partial charge in [-0.1, -0.05) is 75.5 Å². The Bertz CT molecular complexity index is 390. The summed E-state index contributed by atoms with van der Waals surface area (Å²) in [5, 5.41) is -0.600. The van der Waals surface area contributed by atoms with Crippen molar-refractivity contribution in [1.82, 2.24) is 0 Å². The first-order valence-electron chi connectivity index (χ1n) is 10.9. The molecule has 0 spiro atoms. The average molecular weight is 387 g/mol. The summed E-state index contributed by atoms with van der Waals surface area (Å²) in [5.41, 5.74) is 0. The number of quaternary nitrogens is 1. The van der Waals surface area contributed by atoms with Crippen LogP contribution in [0.15, 0.2) is 12.2 Å². The smallest absolute Gasteiger partial charge is 0.376 e. The van der Waals surface area contributed by atoms with Crippen LogP contribution in [0.4, 0.5) is 0 Å². The van der Waals surface area contributed by atoms with Crippen molar-refractivity contribution in [2.45, 2.75) is 109 Å². The van der Waals surface area contributed by atoms with Gasteiger partial charge >= 0.3 is 8.03 Å². The van der Waals surface area contributed by atoms with Gasteiger partial charge in [-0.2, -0.15) is 0 Å². The lowest BCUT2D eigenvalue weighted by Crippen LogP contribution is -2.55. The lowest BCUT2D eigenvalue weighted by atomic mass is 10.0. The molecule has 0 N–H and O–H groups in total. The summed E-state index contributed by atoms with van der Waals surface area (Å²) in [4.78, 5) is 11.9. The van der Waals surface area contributed by atoms with Crippen molar-refractivity contribution < 1.29 is 13.9 Å². The molecule has 0 amide bonds. The van der Waals surface area contributed by atoms with E-state index in [2.05, 4.69) is 19.1 Å². The average Bonchev–Trinajstić information content (AvgIpc) is 2.57. The lowest BCUT2D eigenvalue weighted by molar-refractivity contribution is -0.910. The minimum Gasteiger partial charge on any atom is -0.590 e. The number of unbranched alkanes of at least 4 members (excludes halogenated alkanes) is 10. The topological polar surface area (TPSA) is 40.1 Å². The maximum atomic E-state index is 11.9. The summed E-state index contributed by atoms with van der Waals surface area (Å²) < 4.78 is 12.4. The lowest BCUT2D eigenvalue weighted by Gasteiger charge is -2.39. The molecule has 0 heterocycles. The van der Waals surface area contributed by atoms with Crippen LogP contribution in [0.25, 0.3) is 0 Å². The molecule has 0 radical (unpaired) electrons. The fraction of sp³-hybridized carbons (Fsp3) is 0.909. The predicted octanol–water partition coefficient (Wildman–Crippen LogP) is 6.55. The van der Waals surface area contributed by atoms with Gasteiger partial charge in [0.15, 0.2) is 0 Å². The van der Waals surface area contributed by atoms with E-state index in [1.54, 1.807) is 0 Å². The van der Waals surface area contributed by atoms with Gasteiger partial charge in [0, 0.05) is 12.8 Å². The first-order chi connectivity index (χ1) is 12.3. The first kappa shape index (κ1) is 25.8. The molecule has 0 saturated carbocycles. The zero-order valence-electron chi connectivity index (χ0n) is 18.3. The van der Waals surface area contributed by atoms with Crippen molar-refractivity contribution in [3.05, 3.63) is 12.2 Å². The van der Waals surface area contributed by atoms with Crippen LogP contribution >= 0.6 is 8.03 Å². The number of nitrogens with zero attached hydrogens (tertiary/aromatic N) is 1. The number of hydrogen-bond donors (Lipinski definition) is 0. The van der Waals surface area contributed by atoms with Gasteiger partial charge in [-0.05, 0) is 32.1 Å². The summed E-state index contributed by atoms with van der Waals surface area (Å²) in [6.07, 6.45) is 21.3. The van der Waals surface area contributed by atoms with Gasteiger partial charge in [-0.3, -0.25) is 4.48 Å². The molecule has 0 aliphatic rings. The Kier molecular flexibility index (Phi) is 14.6. The number of hydrogen-bond acceptors (Lipinski definition) is 2. The molecule has 3 nitrogen and oxygen atoms in total. The van der Waals surface area contributed by atoms with Crippen LogP contribution in [-0.4, -0.2) is 30.9 Å². The molecule has 0 aromatic carbocycles. The van der Waals surface area contributed by atoms with Gasteiger partial charge in [-0.25, -0.2) is 0 Å². The zero-order chi connectivity index (χ0) is 19.9. The highest BCUT2D eigenvalue weighted by Crippen LogP contribution is 2.44. The summed E-state index contributed by atoms with van der Waals surface area (Å²) in [6.45, 7) is 4.26. The largest absolute Gasteiger partial charge is 0.590 e. The molecule has 2 atom stereocenters. The molecule has 26 heavy (non-hydrogen) atoms. The summed E-state index contributed by atoms with van der Waals surface area (Å²) in [5.74, 6) is 0. The quantitative estimate of drug-likeness (QED) is 0.123. The Morgan fingerprint density at radius 3 is 1.69 bits per heavy atom. The molecule has 0 aliphatic heterocycles. The molecule has 154 valence electrons. The fourth-order valence-electron chi connectivity index (χ4n) is 3.75. The van der Waals surface area contributed by atoms with Crippen LogP contribution in [0.5, 0.6) is 0 Å². The Labute approximate surface area is 164 Å². The maximum absolute atomic E-state index is 11.9. The van der Waals surface area contributed by atoms with Crippen molar-refractivity contribution in [3.63, 3.8) is 0 Å². The Morgan fingerprint density at radius 1 is 0.808 bits per heavy atom. The number of allylic oxidation sites excluding steroid dienone is 2. The summed E-state index contributed by atoms with van der Waals surface area (Å²) in [6, 6.07) is 0. The summed E-state index contributed by atoms with van der Waals surface area (Å²) in [7, 11) is 3.60. The van der Waals surface area contributed by atoms with Crippen molar-refractivity contribution in [1.29, 1.82) is 0 Å². The molecule has 2 unspecified atom stereocenters. The second-order valence-corrected chi connectivity index (χ2v) is 9.93. The fourth-order valence-corrected chi connectivity index (χ4v) is 4.84. The van der Waals surface area contributed by atoms with Crippen LogP contribution in [0, 0.1) is 0 Å². The van der Waals surface area contributed by atoms with Crippen molar-refractivity contribution in [2.24, 2.45) is 0 Å². The molecule has 0 rings (SSSR count). The highest BCUT2D eigenvalue weighted by Gasteiger charge is 2.52. The second kappa shape index (κ2) is 14.8. The van der Waals surface area contributed by atoms with E-state index < -0.39 is 13.3 Å². The molecule has 0 aromatic rings. The summed E-state index contributed by atoms with van der Waals surface area (Å²) >= 11 is 0. The monoisotopic (exact) mass is 386 g/mol. The minimum absolute atomic E-state index is 0.507. The van der Waals surface area contributed by atoms with Gasteiger partial charge in [0.05, 0.1) is 21.1 Å². The van der Waals surface area contributed by atoms with E-state index in [1.807, 2.05) is 28.1 Å². The third kappa shape index (κ3) is 10.2. The van der Waals surface area contributed by atoms with E-state index in [4.69, 9.17) is 0 Å². The molecule has 4 heteroatoms. The van der Waals surface area contributed by atoms with Gasteiger partial charge in [0.1, 0.15) is 0 Å². The molecule has 0 aliphatic carbocycles. The van der Waals surface area contributed by atoms with Crippen LogP contribution < -0.4 is 4.89 Å². The molecule has 0 aromatic heterocycles. The van der Waals surface area contributed by atoms with Crippen LogP contribution in [0.3, 0.4) is 0 Å². The highest BCUT2D eigenvalue weighted by atomic mass is 31.1. The third-order valence-electron chi connectivity index (χ3n) is 5.74. The molecule has 0 bridgehead atoms. The van der Waals surface area contributed by atoms with Gasteiger partial charge in [0.2, 0.25) is 0 Å². The van der Waals surface area contributed by atoms with E-state index in [1.165, 1.54) is 64.2 Å². The zero-order valence-corrected chi connectivity index (χ0v) is 19.2. The maximum Gasteiger partial charge on any atom is 0.376 e. The Balaban J connectivity index is 3.75.